The van der Waals surface area contributed by atoms with Crippen molar-refractivity contribution in [1.29, 1.82) is 0 Å². The third kappa shape index (κ3) is 4.06. The van der Waals surface area contributed by atoms with Crippen molar-refractivity contribution in [2.24, 2.45) is 5.73 Å². The first-order valence-corrected chi connectivity index (χ1v) is 7.15. The Morgan fingerprint density at radius 1 is 1.38 bits per heavy atom. The topological polar surface area (TPSA) is 35.2 Å². The van der Waals surface area contributed by atoms with Crippen LogP contribution in [0.4, 0.5) is 0 Å². The Balaban J connectivity index is 2.68. The summed E-state index contributed by atoms with van der Waals surface area (Å²) in [6.07, 6.45) is 4.12. The molecule has 1 atom stereocenters. The number of hydrogen-bond acceptors (Lipinski definition) is 3. The van der Waals surface area contributed by atoms with E-state index in [-0.39, 0.29) is 6.04 Å². The van der Waals surface area contributed by atoms with Crippen LogP contribution in [0.5, 0.6) is 5.75 Å². The number of benzene rings is 1. The highest BCUT2D eigenvalue weighted by molar-refractivity contribution is 7.98. The van der Waals surface area contributed by atoms with Crippen LogP contribution >= 0.6 is 11.8 Å². The molecule has 1 unspecified atom stereocenters. The van der Waals surface area contributed by atoms with Crippen molar-refractivity contribution in [2.45, 2.75) is 25.8 Å². The molecule has 0 spiro atoms. The molecule has 0 radical (unpaired) electrons. The van der Waals surface area contributed by atoms with Gasteiger partial charge in [0.05, 0.1) is 6.61 Å². The summed E-state index contributed by atoms with van der Waals surface area (Å²) in [4.78, 5) is 0. The van der Waals surface area contributed by atoms with Crippen LogP contribution in [0, 0.1) is 0 Å². The summed E-state index contributed by atoms with van der Waals surface area (Å²) in [6.45, 7) is 2.86. The van der Waals surface area contributed by atoms with Gasteiger partial charge in [-0.15, -0.1) is 0 Å². The van der Waals surface area contributed by atoms with Crippen LogP contribution in [0.25, 0.3) is 0 Å². The highest BCUT2D eigenvalue weighted by Gasteiger charge is 2.10. The summed E-state index contributed by atoms with van der Waals surface area (Å²) < 4.78 is 5.70. The first kappa shape index (κ1) is 13.4. The first-order valence-electron chi connectivity index (χ1n) is 5.75. The van der Waals surface area contributed by atoms with E-state index in [1.54, 1.807) is 0 Å². The molecule has 2 nitrogen and oxygen atoms in total. The Hall–Kier alpha value is -0.670. The second kappa shape index (κ2) is 7.58. The van der Waals surface area contributed by atoms with Gasteiger partial charge in [0.15, 0.2) is 0 Å². The molecule has 0 aliphatic heterocycles. The molecule has 1 rings (SSSR count). The molecule has 16 heavy (non-hydrogen) atoms. The molecule has 0 aliphatic carbocycles. The van der Waals surface area contributed by atoms with Crippen molar-refractivity contribution in [3.63, 3.8) is 0 Å². The van der Waals surface area contributed by atoms with Crippen LogP contribution in [0.15, 0.2) is 24.3 Å². The number of ether oxygens (including phenoxy) is 1. The maximum absolute atomic E-state index is 6.16. The van der Waals surface area contributed by atoms with Gasteiger partial charge in [0.25, 0.3) is 0 Å². The van der Waals surface area contributed by atoms with E-state index in [0.29, 0.717) is 0 Å². The minimum Gasteiger partial charge on any atom is -0.493 e. The zero-order valence-electron chi connectivity index (χ0n) is 10.1. The fourth-order valence-corrected chi connectivity index (χ4v) is 2.02. The van der Waals surface area contributed by atoms with E-state index in [2.05, 4.69) is 19.2 Å². The zero-order valence-corrected chi connectivity index (χ0v) is 10.9. The fourth-order valence-electron chi connectivity index (χ4n) is 1.53. The van der Waals surface area contributed by atoms with Crippen LogP contribution in [-0.2, 0) is 0 Å². The summed E-state index contributed by atoms with van der Waals surface area (Å²) in [5.74, 6) is 2.03. The number of nitrogens with two attached hydrogens (primary N) is 1. The lowest BCUT2D eigenvalue weighted by molar-refractivity contribution is 0.312. The number of thioether (sulfide) groups is 1. The van der Waals surface area contributed by atoms with Crippen LogP contribution in [0.1, 0.15) is 31.4 Å². The molecular weight excluding hydrogens is 218 g/mol. The molecule has 0 saturated carbocycles. The van der Waals surface area contributed by atoms with Gasteiger partial charge in [0.1, 0.15) is 5.75 Å². The van der Waals surface area contributed by atoms with Gasteiger partial charge in [-0.1, -0.05) is 25.1 Å². The first-order chi connectivity index (χ1) is 7.79. The average Bonchev–Trinajstić information content (AvgIpc) is 2.33. The predicted molar refractivity (Wildman–Crippen MR) is 72.2 cm³/mol. The lowest BCUT2D eigenvalue weighted by atomic mass is 10.0. The van der Waals surface area contributed by atoms with E-state index in [0.717, 1.165) is 36.5 Å². The molecule has 0 saturated heterocycles. The number of hydrogen-bond donors (Lipinski definition) is 1. The molecule has 1 aromatic rings. The minimum atomic E-state index is 0.0838. The quantitative estimate of drug-likeness (QED) is 0.793. The van der Waals surface area contributed by atoms with E-state index < -0.39 is 0 Å². The highest BCUT2D eigenvalue weighted by atomic mass is 32.2. The monoisotopic (exact) mass is 239 g/mol. The largest absolute Gasteiger partial charge is 0.493 e. The molecule has 2 N–H and O–H groups in total. The minimum absolute atomic E-state index is 0.0838. The van der Waals surface area contributed by atoms with Crippen molar-refractivity contribution < 1.29 is 4.74 Å². The van der Waals surface area contributed by atoms with Gasteiger partial charge in [-0.25, -0.2) is 0 Å². The molecule has 3 heteroatoms. The molecule has 0 aromatic heterocycles. The standard InChI is InChI=1S/C13H21NOS/c1-3-9-15-13-7-5-4-6-11(13)12(14)8-10-16-2/h4-7,12H,3,8-10,14H2,1-2H3. The predicted octanol–water partition coefficient (Wildman–Crippen LogP) is 3.23. The maximum Gasteiger partial charge on any atom is 0.124 e. The normalized spacial score (nSPS) is 12.4. The van der Waals surface area contributed by atoms with Gasteiger partial charge < -0.3 is 10.5 Å². The Labute approximate surface area is 103 Å². The van der Waals surface area contributed by atoms with Crippen molar-refractivity contribution in [2.75, 3.05) is 18.6 Å². The fraction of sp³-hybridized carbons (Fsp3) is 0.538. The molecular formula is C13H21NOS. The van der Waals surface area contributed by atoms with Crippen molar-refractivity contribution in [3.05, 3.63) is 29.8 Å². The summed E-state index contributed by atoms with van der Waals surface area (Å²) in [6, 6.07) is 8.17. The third-order valence-electron chi connectivity index (χ3n) is 2.41. The molecule has 0 aliphatic rings. The summed E-state index contributed by atoms with van der Waals surface area (Å²) in [7, 11) is 0. The lowest BCUT2D eigenvalue weighted by Gasteiger charge is -2.16. The van der Waals surface area contributed by atoms with Crippen molar-refractivity contribution in [1.82, 2.24) is 0 Å². The van der Waals surface area contributed by atoms with Gasteiger partial charge >= 0.3 is 0 Å². The highest BCUT2D eigenvalue weighted by Crippen LogP contribution is 2.26. The molecule has 90 valence electrons. The van der Waals surface area contributed by atoms with Gasteiger partial charge in [-0.05, 0) is 30.9 Å². The molecule has 1 aromatic carbocycles. The molecule has 0 fully saturated rings. The summed E-state index contributed by atoms with van der Waals surface area (Å²) in [5.41, 5.74) is 7.29. The van der Waals surface area contributed by atoms with E-state index in [1.165, 1.54) is 0 Å². The molecule has 0 amide bonds. The Morgan fingerprint density at radius 2 is 2.12 bits per heavy atom. The van der Waals surface area contributed by atoms with Crippen LogP contribution in [0.3, 0.4) is 0 Å². The van der Waals surface area contributed by atoms with E-state index in [4.69, 9.17) is 10.5 Å². The Morgan fingerprint density at radius 3 is 2.81 bits per heavy atom. The average molecular weight is 239 g/mol. The van der Waals surface area contributed by atoms with Gasteiger partial charge in [-0.3, -0.25) is 0 Å². The molecule has 0 heterocycles. The zero-order chi connectivity index (χ0) is 11.8. The van der Waals surface area contributed by atoms with E-state index >= 15 is 0 Å². The van der Waals surface area contributed by atoms with E-state index in [9.17, 15) is 0 Å². The van der Waals surface area contributed by atoms with Crippen molar-refractivity contribution >= 4 is 11.8 Å². The van der Waals surface area contributed by atoms with Crippen LogP contribution in [0.2, 0.25) is 0 Å². The lowest BCUT2D eigenvalue weighted by Crippen LogP contribution is -2.13. The van der Waals surface area contributed by atoms with Gasteiger partial charge in [0.2, 0.25) is 0 Å². The van der Waals surface area contributed by atoms with Gasteiger partial charge in [-0.2, -0.15) is 11.8 Å². The summed E-state index contributed by atoms with van der Waals surface area (Å²) >= 11 is 1.83. The van der Waals surface area contributed by atoms with E-state index in [1.807, 2.05) is 30.0 Å². The number of rotatable bonds is 7. The SMILES string of the molecule is CCCOc1ccccc1C(N)CCSC. The van der Waals surface area contributed by atoms with Crippen LogP contribution < -0.4 is 10.5 Å². The second-order valence-corrected chi connectivity index (χ2v) is 4.76. The smallest absolute Gasteiger partial charge is 0.124 e. The maximum atomic E-state index is 6.16. The van der Waals surface area contributed by atoms with Gasteiger partial charge in [0, 0.05) is 11.6 Å². The van der Waals surface area contributed by atoms with Crippen LogP contribution in [-0.4, -0.2) is 18.6 Å². The number of para-hydroxylation sites is 1. The van der Waals surface area contributed by atoms with Crippen molar-refractivity contribution in [3.8, 4) is 5.75 Å². The second-order valence-electron chi connectivity index (χ2n) is 3.77. The summed E-state index contributed by atoms with van der Waals surface area (Å²) in [5, 5.41) is 0. The Bertz CT molecular complexity index is 304. The third-order valence-corrected chi connectivity index (χ3v) is 3.06. The molecule has 0 bridgehead atoms. The Kier molecular flexibility index (Phi) is 6.34.